The van der Waals surface area contributed by atoms with Crippen molar-refractivity contribution >= 4 is 6.09 Å². The van der Waals surface area contributed by atoms with E-state index in [1.165, 1.54) is 7.11 Å². The van der Waals surface area contributed by atoms with Crippen LogP contribution in [0, 0.1) is 11.8 Å². The average Bonchev–Trinajstić information content (AvgIpc) is 2.34. The van der Waals surface area contributed by atoms with E-state index in [9.17, 15) is 4.79 Å². The van der Waals surface area contributed by atoms with E-state index in [0.717, 1.165) is 32.5 Å². The molecular formula is C13H26N2O2. The van der Waals surface area contributed by atoms with Crippen molar-refractivity contribution < 1.29 is 9.53 Å². The Hall–Kier alpha value is -0.770. The molecule has 1 aliphatic rings. The first-order valence-corrected chi connectivity index (χ1v) is 6.63. The first-order chi connectivity index (χ1) is 8.06. The Morgan fingerprint density at radius 1 is 1.47 bits per heavy atom. The zero-order valence-electron chi connectivity index (χ0n) is 11.5. The van der Waals surface area contributed by atoms with Gasteiger partial charge in [0.2, 0.25) is 0 Å². The third-order valence-corrected chi connectivity index (χ3v) is 3.36. The van der Waals surface area contributed by atoms with Gasteiger partial charge in [-0.1, -0.05) is 27.2 Å². The van der Waals surface area contributed by atoms with E-state index < -0.39 is 0 Å². The number of rotatable bonds is 4. The SMILES string of the molecule is CCC1CC(NCC(C)C)CN(C(=O)OC)C1. The first-order valence-electron chi connectivity index (χ1n) is 6.63. The number of methoxy groups -OCH3 is 1. The molecule has 0 bridgehead atoms. The summed E-state index contributed by atoms with van der Waals surface area (Å²) in [5.41, 5.74) is 0. The lowest BCUT2D eigenvalue weighted by molar-refractivity contribution is 0.0897. The maximum absolute atomic E-state index is 11.6. The predicted octanol–water partition coefficient (Wildman–Crippen LogP) is 2.10. The molecule has 0 spiro atoms. The van der Waals surface area contributed by atoms with Crippen LogP contribution in [0.3, 0.4) is 0 Å². The highest BCUT2D eigenvalue weighted by Crippen LogP contribution is 2.20. The van der Waals surface area contributed by atoms with Gasteiger partial charge in [0.25, 0.3) is 0 Å². The molecule has 0 aromatic carbocycles. The topological polar surface area (TPSA) is 41.6 Å². The van der Waals surface area contributed by atoms with E-state index in [1.54, 1.807) is 0 Å². The van der Waals surface area contributed by atoms with Crippen molar-refractivity contribution in [2.45, 2.75) is 39.7 Å². The second kappa shape index (κ2) is 6.84. The number of piperidine rings is 1. The van der Waals surface area contributed by atoms with E-state index in [2.05, 4.69) is 26.1 Å². The fourth-order valence-electron chi connectivity index (χ4n) is 2.33. The predicted molar refractivity (Wildman–Crippen MR) is 69.0 cm³/mol. The van der Waals surface area contributed by atoms with Crippen LogP contribution in [0.15, 0.2) is 0 Å². The van der Waals surface area contributed by atoms with E-state index in [4.69, 9.17) is 4.74 Å². The summed E-state index contributed by atoms with van der Waals surface area (Å²) in [5, 5.41) is 3.54. The van der Waals surface area contributed by atoms with Crippen molar-refractivity contribution in [1.82, 2.24) is 10.2 Å². The molecule has 1 rings (SSSR count). The third-order valence-electron chi connectivity index (χ3n) is 3.36. The van der Waals surface area contributed by atoms with Gasteiger partial charge in [-0.25, -0.2) is 4.79 Å². The lowest BCUT2D eigenvalue weighted by atomic mass is 9.92. The van der Waals surface area contributed by atoms with Gasteiger partial charge < -0.3 is 15.0 Å². The van der Waals surface area contributed by atoms with Crippen LogP contribution >= 0.6 is 0 Å². The van der Waals surface area contributed by atoms with Crippen LogP contribution in [-0.2, 0) is 4.74 Å². The number of ether oxygens (including phenoxy) is 1. The van der Waals surface area contributed by atoms with Crippen molar-refractivity contribution in [3.63, 3.8) is 0 Å². The van der Waals surface area contributed by atoms with Crippen LogP contribution < -0.4 is 5.32 Å². The summed E-state index contributed by atoms with van der Waals surface area (Å²) in [7, 11) is 1.45. The molecule has 1 amide bonds. The van der Waals surface area contributed by atoms with Gasteiger partial charge in [0, 0.05) is 19.1 Å². The smallest absolute Gasteiger partial charge is 0.409 e. The molecule has 2 unspecified atom stereocenters. The molecule has 1 fully saturated rings. The summed E-state index contributed by atoms with van der Waals surface area (Å²) in [5.74, 6) is 1.23. The molecule has 1 heterocycles. The van der Waals surface area contributed by atoms with Crippen molar-refractivity contribution in [3.05, 3.63) is 0 Å². The molecular weight excluding hydrogens is 216 g/mol. The summed E-state index contributed by atoms with van der Waals surface area (Å²) in [6.07, 6.45) is 2.09. The summed E-state index contributed by atoms with van der Waals surface area (Å²) in [4.78, 5) is 13.4. The molecule has 0 radical (unpaired) electrons. The highest BCUT2D eigenvalue weighted by Gasteiger charge is 2.29. The average molecular weight is 242 g/mol. The molecule has 0 saturated carbocycles. The molecule has 1 aliphatic heterocycles. The van der Waals surface area contributed by atoms with Gasteiger partial charge >= 0.3 is 6.09 Å². The third kappa shape index (κ3) is 4.54. The molecule has 1 N–H and O–H groups in total. The van der Waals surface area contributed by atoms with E-state index in [1.807, 2.05) is 4.90 Å². The van der Waals surface area contributed by atoms with Gasteiger partial charge in [0.15, 0.2) is 0 Å². The zero-order valence-corrected chi connectivity index (χ0v) is 11.5. The normalized spacial score (nSPS) is 25.1. The van der Waals surface area contributed by atoms with Gasteiger partial charge in [-0.2, -0.15) is 0 Å². The lowest BCUT2D eigenvalue weighted by Crippen LogP contribution is -2.51. The monoisotopic (exact) mass is 242 g/mol. The molecule has 100 valence electrons. The molecule has 4 heteroatoms. The van der Waals surface area contributed by atoms with Crippen LogP contribution in [-0.4, -0.2) is 43.8 Å². The standard InChI is InChI=1S/C13H26N2O2/c1-5-11-6-12(14-7-10(2)3)9-15(8-11)13(16)17-4/h10-12,14H,5-9H2,1-4H3. The summed E-state index contributed by atoms with van der Waals surface area (Å²) in [6, 6.07) is 0.412. The zero-order chi connectivity index (χ0) is 12.8. The number of carbonyl (C=O) groups excluding carboxylic acids is 1. The van der Waals surface area contributed by atoms with Crippen molar-refractivity contribution in [2.24, 2.45) is 11.8 Å². The first kappa shape index (κ1) is 14.3. The highest BCUT2D eigenvalue weighted by atomic mass is 16.5. The minimum atomic E-state index is -0.195. The summed E-state index contributed by atoms with van der Waals surface area (Å²) < 4.78 is 4.82. The Morgan fingerprint density at radius 3 is 2.71 bits per heavy atom. The Labute approximate surface area is 105 Å². The van der Waals surface area contributed by atoms with Crippen LogP contribution in [0.1, 0.15) is 33.6 Å². The highest BCUT2D eigenvalue weighted by molar-refractivity contribution is 5.67. The second-order valence-corrected chi connectivity index (χ2v) is 5.38. The van der Waals surface area contributed by atoms with Gasteiger partial charge in [0.1, 0.15) is 0 Å². The quantitative estimate of drug-likeness (QED) is 0.821. The minimum Gasteiger partial charge on any atom is -0.453 e. The fourth-order valence-corrected chi connectivity index (χ4v) is 2.33. The van der Waals surface area contributed by atoms with Gasteiger partial charge in [-0.05, 0) is 24.8 Å². The van der Waals surface area contributed by atoms with Crippen molar-refractivity contribution in [1.29, 1.82) is 0 Å². The Balaban J connectivity index is 2.51. The summed E-state index contributed by atoms with van der Waals surface area (Å²) in [6.45, 7) is 9.20. The molecule has 0 aromatic rings. The number of likely N-dealkylation sites (tertiary alicyclic amines) is 1. The second-order valence-electron chi connectivity index (χ2n) is 5.38. The number of nitrogens with one attached hydrogen (secondary N) is 1. The molecule has 4 nitrogen and oxygen atoms in total. The van der Waals surface area contributed by atoms with Gasteiger partial charge in [0.05, 0.1) is 7.11 Å². The number of amides is 1. The van der Waals surface area contributed by atoms with E-state index in [-0.39, 0.29) is 6.09 Å². The number of carbonyl (C=O) groups is 1. The van der Waals surface area contributed by atoms with Crippen molar-refractivity contribution in [3.8, 4) is 0 Å². The van der Waals surface area contributed by atoms with Crippen LogP contribution in [0.2, 0.25) is 0 Å². The fraction of sp³-hybridized carbons (Fsp3) is 0.923. The molecule has 0 aliphatic carbocycles. The minimum absolute atomic E-state index is 0.195. The maximum Gasteiger partial charge on any atom is 0.409 e. The maximum atomic E-state index is 11.6. The van der Waals surface area contributed by atoms with Gasteiger partial charge in [-0.15, -0.1) is 0 Å². The molecule has 2 atom stereocenters. The molecule has 0 aromatic heterocycles. The Bertz CT molecular complexity index is 244. The molecule has 17 heavy (non-hydrogen) atoms. The van der Waals surface area contributed by atoms with Crippen LogP contribution in [0.4, 0.5) is 4.79 Å². The molecule has 1 saturated heterocycles. The van der Waals surface area contributed by atoms with Gasteiger partial charge in [-0.3, -0.25) is 0 Å². The number of nitrogens with zero attached hydrogens (tertiary/aromatic N) is 1. The Kier molecular flexibility index (Phi) is 5.75. The van der Waals surface area contributed by atoms with Crippen molar-refractivity contribution in [2.75, 3.05) is 26.7 Å². The number of hydrogen-bond donors (Lipinski definition) is 1. The van der Waals surface area contributed by atoms with Crippen LogP contribution in [0.25, 0.3) is 0 Å². The summed E-state index contributed by atoms with van der Waals surface area (Å²) >= 11 is 0. The van der Waals surface area contributed by atoms with E-state index in [0.29, 0.717) is 17.9 Å². The lowest BCUT2D eigenvalue weighted by Gasteiger charge is -2.37. The van der Waals surface area contributed by atoms with E-state index >= 15 is 0 Å². The largest absolute Gasteiger partial charge is 0.453 e. The Morgan fingerprint density at radius 2 is 2.18 bits per heavy atom. The van der Waals surface area contributed by atoms with Crippen LogP contribution in [0.5, 0.6) is 0 Å². The number of hydrogen-bond acceptors (Lipinski definition) is 3.